The van der Waals surface area contributed by atoms with Crippen molar-refractivity contribution in [2.75, 3.05) is 19.5 Å². The maximum absolute atomic E-state index is 5.29. The van der Waals surface area contributed by atoms with Gasteiger partial charge in [-0.05, 0) is 12.1 Å². The van der Waals surface area contributed by atoms with Crippen LogP contribution in [0, 0.1) is 0 Å². The maximum Gasteiger partial charge on any atom is 0.159 e. The second-order valence-corrected chi connectivity index (χ2v) is 3.08. The minimum absolute atomic E-state index is 0.847. The van der Waals surface area contributed by atoms with Gasteiger partial charge in [0.2, 0.25) is 0 Å². The Morgan fingerprint density at radius 1 is 1.43 bits per heavy atom. The number of aromatic nitrogens is 2. The zero-order valence-corrected chi connectivity index (χ0v) is 8.53. The zero-order valence-electron chi connectivity index (χ0n) is 8.53. The summed E-state index contributed by atoms with van der Waals surface area (Å²) < 4.78 is 7.13. The van der Waals surface area contributed by atoms with Crippen LogP contribution in [0.3, 0.4) is 0 Å². The number of benzene rings is 1. The van der Waals surface area contributed by atoms with E-state index in [-0.39, 0.29) is 0 Å². The fourth-order valence-electron chi connectivity index (χ4n) is 1.63. The van der Waals surface area contributed by atoms with Crippen molar-refractivity contribution in [2.24, 2.45) is 7.05 Å². The van der Waals surface area contributed by atoms with Gasteiger partial charge < -0.3 is 10.1 Å². The summed E-state index contributed by atoms with van der Waals surface area (Å²) in [6.45, 7) is 0. The van der Waals surface area contributed by atoms with E-state index < -0.39 is 0 Å². The van der Waals surface area contributed by atoms with Crippen LogP contribution in [-0.4, -0.2) is 23.9 Å². The molecular formula is C10H13N3O. The van der Waals surface area contributed by atoms with E-state index >= 15 is 0 Å². The molecule has 0 aliphatic heterocycles. The SMILES string of the molecule is CNc1nn(C)c2cccc(OC)c12. The summed E-state index contributed by atoms with van der Waals surface area (Å²) in [4.78, 5) is 0. The van der Waals surface area contributed by atoms with Crippen LogP contribution in [0.4, 0.5) is 5.82 Å². The smallest absolute Gasteiger partial charge is 0.159 e. The van der Waals surface area contributed by atoms with Crippen LogP contribution in [0.2, 0.25) is 0 Å². The first-order valence-electron chi connectivity index (χ1n) is 4.45. The van der Waals surface area contributed by atoms with Gasteiger partial charge in [0.05, 0.1) is 18.0 Å². The van der Waals surface area contributed by atoms with Gasteiger partial charge in [-0.3, -0.25) is 4.68 Å². The lowest BCUT2D eigenvalue weighted by Gasteiger charge is -2.02. The van der Waals surface area contributed by atoms with E-state index in [0.29, 0.717) is 0 Å². The number of hydrogen-bond donors (Lipinski definition) is 1. The van der Waals surface area contributed by atoms with E-state index in [0.717, 1.165) is 22.5 Å². The van der Waals surface area contributed by atoms with Gasteiger partial charge in [-0.2, -0.15) is 5.10 Å². The number of fused-ring (bicyclic) bond motifs is 1. The molecule has 2 aromatic rings. The molecule has 0 amide bonds. The molecule has 0 spiro atoms. The standard InChI is InChI=1S/C10H13N3O/c1-11-10-9-7(13(2)12-10)5-4-6-8(9)14-3/h4-6H,1-3H3,(H,11,12). The summed E-state index contributed by atoms with van der Waals surface area (Å²) in [5.74, 6) is 1.69. The molecule has 0 unspecified atom stereocenters. The third-order valence-electron chi connectivity index (χ3n) is 2.30. The van der Waals surface area contributed by atoms with Gasteiger partial charge in [0.15, 0.2) is 5.82 Å². The molecule has 4 nitrogen and oxygen atoms in total. The van der Waals surface area contributed by atoms with E-state index in [1.807, 2.05) is 37.0 Å². The normalized spacial score (nSPS) is 10.5. The van der Waals surface area contributed by atoms with Gasteiger partial charge in [-0.15, -0.1) is 0 Å². The van der Waals surface area contributed by atoms with Crippen LogP contribution >= 0.6 is 0 Å². The summed E-state index contributed by atoms with van der Waals surface area (Å²) in [7, 11) is 5.44. The van der Waals surface area contributed by atoms with Gasteiger partial charge in [0.25, 0.3) is 0 Å². The molecule has 0 saturated heterocycles. The number of rotatable bonds is 2. The molecule has 1 aromatic heterocycles. The van der Waals surface area contributed by atoms with Gasteiger partial charge in [0.1, 0.15) is 5.75 Å². The largest absolute Gasteiger partial charge is 0.496 e. The minimum atomic E-state index is 0.847. The number of hydrogen-bond acceptors (Lipinski definition) is 3. The Labute approximate surface area is 82.5 Å². The first-order valence-corrected chi connectivity index (χ1v) is 4.45. The predicted octanol–water partition coefficient (Wildman–Crippen LogP) is 1.62. The van der Waals surface area contributed by atoms with Crippen LogP contribution in [0.15, 0.2) is 18.2 Å². The molecule has 74 valence electrons. The van der Waals surface area contributed by atoms with Crippen LogP contribution in [0.25, 0.3) is 10.9 Å². The molecule has 14 heavy (non-hydrogen) atoms. The molecule has 1 aromatic carbocycles. The highest BCUT2D eigenvalue weighted by Crippen LogP contribution is 2.30. The fourth-order valence-corrected chi connectivity index (χ4v) is 1.63. The van der Waals surface area contributed by atoms with Gasteiger partial charge >= 0.3 is 0 Å². The first kappa shape index (κ1) is 8.87. The van der Waals surface area contributed by atoms with Crippen LogP contribution in [0.5, 0.6) is 5.75 Å². The Morgan fingerprint density at radius 3 is 2.86 bits per heavy atom. The molecular weight excluding hydrogens is 178 g/mol. The Kier molecular flexibility index (Phi) is 2.04. The van der Waals surface area contributed by atoms with Crippen molar-refractivity contribution in [1.29, 1.82) is 0 Å². The zero-order chi connectivity index (χ0) is 10.1. The quantitative estimate of drug-likeness (QED) is 0.784. The lowest BCUT2D eigenvalue weighted by Crippen LogP contribution is -1.92. The third-order valence-corrected chi connectivity index (χ3v) is 2.30. The number of nitrogens with one attached hydrogen (secondary N) is 1. The topological polar surface area (TPSA) is 39.1 Å². The number of methoxy groups -OCH3 is 1. The fraction of sp³-hybridized carbons (Fsp3) is 0.300. The van der Waals surface area contributed by atoms with Crippen LogP contribution in [0.1, 0.15) is 0 Å². The Balaban J connectivity index is 2.82. The average molecular weight is 191 g/mol. The van der Waals surface area contributed by atoms with Gasteiger partial charge in [-0.1, -0.05) is 6.07 Å². The highest BCUT2D eigenvalue weighted by atomic mass is 16.5. The average Bonchev–Trinajstić information content (AvgIpc) is 2.56. The number of anilines is 1. The second kappa shape index (κ2) is 3.21. The third kappa shape index (κ3) is 1.11. The minimum Gasteiger partial charge on any atom is -0.496 e. The van der Waals surface area contributed by atoms with E-state index in [2.05, 4.69) is 10.4 Å². The maximum atomic E-state index is 5.29. The highest BCUT2D eigenvalue weighted by Gasteiger charge is 2.11. The summed E-state index contributed by atoms with van der Waals surface area (Å²) >= 11 is 0. The van der Waals surface area contributed by atoms with Crippen LogP contribution < -0.4 is 10.1 Å². The van der Waals surface area contributed by atoms with Crippen LogP contribution in [-0.2, 0) is 7.05 Å². The molecule has 4 heteroatoms. The predicted molar refractivity (Wildman–Crippen MR) is 56.8 cm³/mol. The first-order chi connectivity index (χ1) is 6.77. The van der Waals surface area contributed by atoms with E-state index in [9.17, 15) is 0 Å². The van der Waals surface area contributed by atoms with Crippen molar-refractivity contribution >= 4 is 16.7 Å². The molecule has 1 N–H and O–H groups in total. The van der Waals surface area contributed by atoms with Crippen molar-refractivity contribution < 1.29 is 4.74 Å². The second-order valence-electron chi connectivity index (χ2n) is 3.08. The van der Waals surface area contributed by atoms with Gasteiger partial charge in [-0.25, -0.2) is 0 Å². The Bertz CT molecular complexity index is 462. The molecule has 0 atom stereocenters. The molecule has 1 heterocycles. The van der Waals surface area contributed by atoms with Crippen molar-refractivity contribution in [3.63, 3.8) is 0 Å². The number of nitrogens with zero attached hydrogens (tertiary/aromatic N) is 2. The molecule has 2 rings (SSSR count). The molecule has 0 aliphatic rings. The number of ether oxygens (including phenoxy) is 1. The summed E-state index contributed by atoms with van der Waals surface area (Å²) in [5, 5.41) is 8.42. The molecule has 0 radical (unpaired) electrons. The molecule has 0 aliphatic carbocycles. The Morgan fingerprint density at radius 2 is 2.21 bits per heavy atom. The Hall–Kier alpha value is -1.71. The summed E-state index contributed by atoms with van der Waals surface area (Å²) in [6, 6.07) is 5.92. The summed E-state index contributed by atoms with van der Waals surface area (Å²) in [6.07, 6.45) is 0. The van der Waals surface area contributed by atoms with Crippen molar-refractivity contribution in [3.05, 3.63) is 18.2 Å². The highest BCUT2D eigenvalue weighted by molar-refractivity contribution is 5.95. The summed E-state index contributed by atoms with van der Waals surface area (Å²) in [5.41, 5.74) is 1.06. The molecule has 0 bridgehead atoms. The lowest BCUT2D eigenvalue weighted by atomic mass is 10.2. The van der Waals surface area contributed by atoms with E-state index in [1.165, 1.54) is 0 Å². The molecule has 0 saturated carbocycles. The van der Waals surface area contributed by atoms with Crippen molar-refractivity contribution in [2.45, 2.75) is 0 Å². The van der Waals surface area contributed by atoms with E-state index in [4.69, 9.17) is 4.74 Å². The molecule has 0 fully saturated rings. The van der Waals surface area contributed by atoms with Crippen molar-refractivity contribution in [3.8, 4) is 5.75 Å². The van der Waals surface area contributed by atoms with Gasteiger partial charge in [0, 0.05) is 14.1 Å². The lowest BCUT2D eigenvalue weighted by molar-refractivity contribution is 0.420. The van der Waals surface area contributed by atoms with Crippen molar-refractivity contribution in [1.82, 2.24) is 9.78 Å². The van der Waals surface area contributed by atoms with E-state index in [1.54, 1.807) is 7.11 Å². The number of aryl methyl sites for hydroxylation is 1. The monoisotopic (exact) mass is 191 g/mol.